The number of rotatable bonds is 6. The van der Waals surface area contributed by atoms with Crippen LogP contribution in [0.4, 0.5) is 0 Å². The number of nitrogens with zero attached hydrogens (tertiary/aromatic N) is 1. The Hall–Kier alpha value is -1.80. The summed E-state index contributed by atoms with van der Waals surface area (Å²) in [6.45, 7) is 3.80. The zero-order valence-electron chi connectivity index (χ0n) is 15.5. The van der Waals surface area contributed by atoms with Gasteiger partial charge in [0.05, 0.1) is 9.93 Å². The van der Waals surface area contributed by atoms with Crippen LogP contribution >= 0.6 is 47.2 Å². The maximum atomic E-state index is 12.8. The number of benzene rings is 1. The van der Waals surface area contributed by atoms with Crippen LogP contribution in [0.2, 0.25) is 10.0 Å². The Morgan fingerprint density at radius 2 is 2.03 bits per heavy atom. The van der Waals surface area contributed by atoms with Gasteiger partial charge in [-0.2, -0.15) is 0 Å². The normalized spacial score (nSPS) is 16.9. The van der Waals surface area contributed by atoms with Crippen molar-refractivity contribution in [2.75, 3.05) is 0 Å². The number of aliphatic carboxylic acids is 1. The highest BCUT2D eigenvalue weighted by atomic mass is 35.5. The Labute approximate surface area is 187 Å². The lowest BCUT2D eigenvalue weighted by atomic mass is 10.0. The standard InChI is InChI=1S/C20H17Cl2NO4S2/c1-10(2)7-15(19(25)26)23-18(24)17(29-20(23)28)9-12-4-6-16(27-12)13-8-11(21)3-5-14(13)22/h3-6,8-10,15H,7H2,1-2H3,(H,25,26)/b17-9+. The van der Waals surface area contributed by atoms with Crippen LogP contribution in [-0.4, -0.2) is 32.2 Å². The number of furan rings is 1. The fraction of sp³-hybridized carbons (Fsp3) is 0.250. The zero-order chi connectivity index (χ0) is 21.3. The van der Waals surface area contributed by atoms with Crippen LogP contribution in [0, 0.1) is 5.92 Å². The van der Waals surface area contributed by atoms with Crippen molar-refractivity contribution < 1.29 is 19.1 Å². The number of halogens is 2. The van der Waals surface area contributed by atoms with Crippen molar-refractivity contribution >= 4 is 69.5 Å². The summed E-state index contributed by atoms with van der Waals surface area (Å²) in [6.07, 6.45) is 1.86. The van der Waals surface area contributed by atoms with Gasteiger partial charge in [-0.25, -0.2) is 4.79 Å². The van der Waals surface area contributed by atoms with E-state index in [1.54, 1.807) is 36.4 Å². The Morgan fingerprint density at radius 3 is 2.69 bits per heavy atom. The van der Waals surface area contributed by atoms with Gasteiger partial charge in [-0.1, -0.05) is 61.0 Å². The summed E-state index contributed by atoms with van der Waals surface area (Å²) in [4.78, 5) is 26.0. The summed E-state index contributed by atoms with van der Waals surface area (Å²) in [6, 6.07) is 7.47. The third kappa shape index (κ3) is 4.86. The van der Waals surface area contributed by atoms with Gasteiger partial charge in [-0.05, 0) is 42.7 Å². The van der Waals surface area contributed by atoms with E-state index in [4.69, 9.17) is 39.8 Å². The molecule has 0 saturated carbocycles. The molecule has 2 heterocycles. The highest BCUT2D eigenvalue weighted by Crippen LogP contribution is 2.37. The number of carbonyl (C=O) groups excluding carboxylic acids is 1. The molecule has 1 fully saturated rings. The topological polar surface area (TPSA) is 70.8 Å². The average molecular weight is 470 g/mol. The van der Waals surface area contributed by atoms with Gasteiger partial charge in [0.1, 0.15) is 21.9 Å². The lowest BCUT2D eigenvalue weighted by molar-refractivity contribution is -0.145. The second-order valence-corrected chi connectivity index (χ2v) is 9.38. The van der Waals surface area contributed by atoms with Gasteiger partial charge in [0.2, 0.25) is 0 Å². The van der Waals surface area contributed by atoms with Gasteiger partial charge in [0.25, 0.3) is 5.91 Å². The van der Waals surface area contributed by atoms with E-state index in [1.165, 1.54) is 4.90 Å². The average Bonchev–Trinajstić information content (AvgIpc) is 3.20. The summed E-state index contributed by atoms with van der Waals surface area (Å²) in [5.74, 6) is -0.492. The summed E-state index contributed by atoms with van der Waals surface area (Å²) >= 11 is 18.6. The smallest absolute Gasteiger partial charge is 0.326 e. The first-order valence-corrected chi connectivity index (χ1v) is 10.7. The van der Waals surface area contributed by atoms with Crippen molar-refractivity contribution in [3.8, 4) is 11.3 Å². The van der Waals surface area contributed by atoms with Crippen molar-refractivity contribution in [3.05, 3.63) is 51.0 Å². The fourth-order valence-electron chi connectivity index (χ4n) is 2.90. The van der Waals surface area contributed by atoms with Gasteiger partial charge in [0.15, 0.2) is 0 Å². The van der Waals surface area contributed by atoms with E-state index >= 15 is 0 Å². The minimum Gasteiger partial charge on any atom is -0.480 e. The maximum absolute atomic E-state index is 12.8. The molecule has 1 amide bonds. The molecule has 1 saturated heterocycles. The SMILES string of the molecule is CC(C)CC(C(=O)O)N1C(=O)/C(=C\c2ccc(-c3cc(Cl)ccc3Cl)o2)SC1=S. The molecule has 1 aliphatic rings. The van der Waals surface area contributed by atoms with Crippen molar-refractivity contribution in [1.82, 2.24) is 4.90 Å². The molecule has 2 aromatic rings. The van der Waals surface area contributed by atoms with Gasteiger partial charge in [-0.3, -0.25) is 9.69 Å². The van der Waals surface area contributed by atoms with E-state index < -0.39 is 17.9 Å². The first-order chi connectivity index (χ1) is 13.7. The molecule has 1 aromatic heterocycles. The Bertz CT molecular complexity index is 1020. The van der Waals surface area contributed by atoms with E-state index in [2.05, 4.69) is 0 Å². The third-order valence-electron chi connectivity index (χ3n) is 4.21. The number of carbonyl (C=O) groups is 2. The second kappa shape index (κ2) is 8.92. The first-order valence-electron chi connectivity index (χ1n) is 8.72. The summed E-state index contributed by atoms with van der Waals surface area (Å²) < 4.78 is 6.02. The van der Waals surface area contributed by atoms with Crippen LogP contribution < -0.4 is 0 Å². The molecule has 0 spiro atoms. The molecule has 1 atom stereocenters. The molecule has 0 radical (unpaired) electrons. The maximum Gasteiger partial charge on any atom is 0.326 e. The molecule has 1 aromatic carbocycles. The molecule has 9 heteroatoms. The van der Waals surface area contributed by atoms with Crippen LogP contribution in [0.15, 0.2) is 39.7 Å². The number of thioether (sulfide) groups is 1. The van der Waals surface area contributed by atoms with Crippen molar-refractivity contribution in [2.24, 2.45) is 5.92 Å². The number of hydrogen-bond donors (Lipinski definition) is 1. The molecular formula is C20H17Cl2NO4S2. The number of amides is 1. The molecule has 5 nitrogen and oxygen atoms in total. The molecular weight excluding hydrogens is 453 g/mol. The largest absolute Gasteiger partial charge is 0.480 e. The molecule has 1 N–H and O–H groups in total. The van der Waals surface area contributed by atoms with Gasteiger partial charge < -0.3 is 9.52 Å². The van der Waals surface area contributed by atoms with Gasteiger partial charge in [-0.15, -0.1) is 0 Å². The number of thiocarbonyl (C=S) groups is 1. The summed E-state index contributed by atoms with van der Waals surface area (Å²) in [5, 5.41) is 10.6. The molecule has 3 rings (SSSR count). The second-order valence-electron chi connectivity index (χ2n) is 6.86. The molecule has 1 aliphatic heterocycles. The zero-order valence-corrected chi connectivity index (χ0v) is 18.7. The number of carboxylic acid groups (broad SMARTS) is 1. The molecule has 29 heavy (non-hydrogen) atoms. The van der Waals surface area contributed by atoms with E-state index in [0.29, 0.717) is 38.5 Å². The predicted molar refractivity (Wildman–Crippen MR) is 120 cm³/mol. The van der Waals surface area contributed by atoms with Crippen LogP contribution in [-0.2, 0) is 9.59 Å². The predicted octanol–water partition coefficient (Wildman–Crippen LogP) is 5.95. The fourth-order valence-corrected chi connectivity index (χ4v) is 4.62. The molecule has 0 bridgehead atoms. The van der Waals surface area contributed by atoms with Crippen LogP contribution in [0.25, 0.3) is 17.4 Å². The van der Waals surface area contributed by atoms with E-state index in [0.717, 1.165) is 11.8 Å². The molecule has 1 unspecified atom stereocenters. The monoisotopic (exact) mass is 469 g/mol. The van der Waals surface area contributed by atoms with Crippen molar-refractivity contribution in [2.45, 2.75) is 26.3 Å². The van der Waals surface area contributed by atoms with Crippen LogP contribution in [0.1, 0.15) is 26.0 Å². The summed E-state index contributed by atoms with van der Waals surface area (Å²) in [7, 11) is 0. The lowest BCUT2D eigenvalue weighted by Crippen LogP contribution is -2.44. The summed E-state index contributed by atoms with van der Waals surface area (Å²) in [5.41, 5.74) is 0.634. The molecule has 0 aliphatic carbocycles. The minimum atomic E-state index is -1.08. The van der Waals surface area contributed by atoms with Gasteiger partial charge >= 0.3 is 5.97 Å². The highest BCUT2D eigenvalue weighted by Gasteiger charge is 2.40. The van der Waals surface area contributed by atoms with Crippen LogP contribution in [0.5, 0.6) is 0 Å². The van der Waals surface area contributed by atoms with E-state index in [1.807, 2.05) is 13.8 Å². The quantitative estimate of drug-likeness (QED) is 0.415. The van der Waals surface area contributed by atoms with Crippen LogP contribution in [0.3, 0.4) is 0 Å². The lowest BCUT2D eigenvalue weighted by Gasteiger charge is -2.24. The van der Waals surface area contributed by atoms with E-state index in [-0.39, 0.29) is 10.2 Å². The van der Waals surface area contributed by atoms with E-state index in [9.17, 15) is 14.7 Å². The number of carboxylic acids is 1. The van der Waals surface area contributed by atoms with Crippen molar-refractivity contribution in [1.29, 1.82) is 0 Å². The molecule has 152 valence electrons. The first kappa shape index (κ1) is 21.9. The highest BCUT2D eigenvalue weighted by molar-refractivity contribution is 8.26. The number of hydrogen-bond acceptors (Lipinski definition) is 5. The van der Waals surface area contributed by atoms with Gasteiger partial charge in [0, 0.05) is 16.7 Å². The Balaban J connectivity index is 1.87. The minimum absolute atomic E-state index is 0.0970. The Kier molecular flexibility index (Phi) is 6.73. The third-order valence-corrected chi connectivity index (χ3v) is 6.10. The Morgan fingerprint density at radius 1 is 1.31 bits per heavy atom. The van der Waals surface area contributed by atoms with Crippen molar-refractivity contribution in [3.63, 3.8) is 0 Å².